The summed E-state index contributed by atoms with van der Waals surface area (Å²) in [6, 6.07) is 37.0. The van der Waals surface area contributed by atoms with Gasteiger partial charge in [-0.1, -0.05) is 66.7 Å². The number of fused-ring (bicyclic) bond motifs is 6. The molecule has 0 N–H and O–H groups in total. The minimum atomic E-state index is 0.831. The predicted octanol–water partition coefficient (Wildman–Crippen LogP) is 8.14. The third-order valence-corrected chi connectivity index (χ3v) is 7.75. The number of hydrogen-bond acceptors (Lipinski definition) is 2. The summed E-state index contributed by atoms with van der Waals surface area (Å²) >= 11 is 1.84. The molecular weight excluding hydrogens is 420 g/mol. The van der Waals surface area contributed by atoms with E-state index in [9.17, 15) is 0 Å². The van der Waals surface area contributed by atoms with Crippen LogP contribution in [0.15, 0.2) is 109 Å². The van der Waals surface area contributed by atoms with E-state index in [1.165, 1.54) is 53.2 Å². The quantitative estimate of drug-likeness (QED) is 0.271. The van der Waals surface area contributed by atoms with Gasteiger partial charge in [-0.25, -0.2) is 0 Å². The molecule has 0 aliphatic heterocycles. The topological polar surface area (TPSA) is 17.8 Å². The molecule has 7 rings (SSSR count). The molecule has 0 saturated carbocycles. The van der Waals surface area contributed by atoms with Crippen molar-refractivity contribution in [2.24, 2.45) is 0 Å². The fraction of sp³-hybridized carbons (Fsp3) is 0.0333. The minimum absolute atomic E-state index is 0.831. The lowest BCUT2D eigenvalue weighted by Gasteiger charge is -2.09. The van der Waals surface area contributed by atoms with Crippen molar-refractivity contribution in [2.45, 2.75) is 6.42 Å². The molecule has 0 spiro atoms. The summed E-state index contributed by atoms with van der Waals surface area (Å²) in [6.07, 6.45) is 2.78. The fourth-order valence-corrected chi connectivity index (χ4v) is 6.17. The van der Waals surface area contributed by atoms with Gasteiger partial charge in [-0.3, -0.25) is 4.98 Å². The SMILES string of the molecule is c1ccc2c(c1)sc1c(Cc3ccc(-n4c5ccccc5c5ccccc54)cc3)nccc12. The Balaban J connectivity index is 1.31. The number of aromatic nitrogens is 2. The van der Waals surface area contributed by atoms with Crippen LogP contribution in [0.4, 0.5) is 0 Å². The van der Waals surface area contributed by atoms with Crippen LogP contribution in [-0.4, -0.2) is 9.55 Å². The van der Waals surface area contributed by atoms with Crippen molar-refractivity contribution in [3.8, 4) is 5.69 Å². The van der Waals surface area contributed by atoms with Gasteiger partial charge in [-0.2, -0.15) is 0 Å². The molecule has 3 heterocycles. The van der Waals surface area contributed by atoms with Crippen molar-refractivity contribution in [3.05, 3.63) is 121 Å². The van der Waals surface area contributed by atoms with Crippen LogP contribution in [0.2, 0.25) is 0 Å². The zero-order valence-corrected chi connectivity index (χ0v) is 18.7. The van der Waals surface area contributed by atoms with E-state index in [-0.39, 0.29) is 0 Å². The molecule has 3 heteroatoms. The maximum Gasteiger partial charge on any atom is 0.0625 e. The Morgan fingerprint density at radius 2 is 1.24 bits per heavy atom. The molecule has 2 nitrogen and oxygen atoms in total. The van der Waals surface area contributed by atoms with Crippen LogP contribution in [0.25, 0.3) is 47.7 Å². The van der Waals surface area contributed by atoms with Crippen LogP contribution in [0, 0.1) is 0 Å². The first-order chi connectivity index (χ1) is 16.4. The Morgan fingerprint density at radius 3 is 1.97 bits per heavy atom. The van der Waals surface area contributed by atoms with Crippen molar-refractivity contribution in [1.29, 1.82) is 0 Å². The fourth-order valence-electron chi connectivity index (χ4n) is 4.99. The van der Waals surface area contributed by atoms with E-state index in [0.29, 0.717) is 0 Å². The Labute approximate surface area is 195 Å². The summed E-state index contributed by atoms with van der Waals surface area (Å²) < 4.78 is 4.98. The maximum absolute atomic E-state index is 4.76. The van der Waals surface area contributed by atoms with Crippen molar-refractivity contribution in [2.75, 3.05) is 0 Å². The van der Waals surface area contributed by atoms with Crippen LogP contribution in [0.5, 0.6) is 0 Å². The first-order valence-corrected chi connectivity index (χ1v) is 12.0. The molecule has 0 amide bonds. The number of para-hydroxylation sites is 2. The van der Waals surface area contributed by atoms with E-state index in [4.69, 9.17) is 4.98 Å². The molecule has 33 heavy (non-hydrogen) atoms. The first kappa shape index (κ1) is 18.6. The number of rotatable bonds is 3. The van der Waals surface area contributed by atoms with Gasteiger partial charge in [0.1, 0.15) is 0 Å². The van der Waals surface area contributed by atoms with Crippen LogP contribution >= 0.6 is 11.3 Å². The second-order valence-corrected chi connectivity index (χ2v) is 9.50. The normalized spacial score (nSPS) is 11.8. The van der Waals surface area contributed by atoms with Crippen LogP contribution in [0.1, 0.15) is 11.3 Å². The molecule has 0 aliphatic carbocycles. The Bertz CT molecular complexity index is 1730. The lowest BCUT2D eigenvalue weighted by molar-refractivity contribution is 1.09. The number of pyridine rings is 1. The van der Waals surface area contributed by atoms with Gasteiger partial charge in [0, 0.05) is 44.5 Å². The van der Waals surface area contributed by atoms with Gasteiger partial charge >= 0.3 is 0 Å². The third kappa shape index (κ3) is 2.90. The van der Waals surface area contributed by atoms with Gasteiger partial charge in [-0.15, -0.1) is 11.3 Å². The number of thiophene rings is 1. The first-order valence-electron chi connectivity index (χ1n) is 11.2. The summed E-state index contributed by atoms with van der Waals surface area (Å²) in [4.78, 5) is 4.76. The second-order valence-electron chi connectivity index (χ2n) is 8.45. The summed E-state index contributed by atoms with van der Waals surface area (Å²) in [5.74, 6) is 0. The Hall–Kier alpha value is -3.95. The lowest BCUT2D eigenvalue weighted by Crippen LogP contribution is -1.96. The molecular formula is C30H20N2S. The Morgan fingerprint density at radius 1 is 0.606 bits per heavy atom. The van der Waals surface area contributed by atoms with Crippen molar-refractivity contribution in [1.82, 2.24) is 9.55 Å². The Kier molecular flexibility index (Phi) is 4.11. The highest BCUT2D eigenvalue weighted by molar-refractivity contribution is 7.26. The predicted molar refractivity (Wildman–Crippen MR) is 141 cm³/mol. The van der Waals surface area contributed by atoms with Gasteiger partial charge in [0.25, 0.3) is 0 Å². The molecule has 0 unspecified atom stereocenters. The van der Waals surface area contributed by atoms with Gasteiger partial charge < -0.3 is 4.57 Å². The average Bonchev–Trinajstić information content (AvgIpc) is 3.42. The average molecular weight is 441 g/mol. The monoisotopic (exact) mass is 440 g/mol. The van der Waals surface area contributed by atoms with E-state index >= 15 is 0 Å². The summed E-state index contributed by atoms with van der Waals surface area (Å²) in [7, 11) is 0. The molecule has 156 valence electrons. The molecule has 0 atom stereocenters. The highest BCUT2D eigenvalue weighted by atomic mass is 32.1. The zero-order valence-electron chi connectivity index (χ0n) is 17.9. The third-order valence-electron chi connectivity index (χ3n) is 6.51. The molecule has 7 aromatic rings. The summed E-state index contributed by atoms with van der Waals surface area (Å²) in [5.41, 5.74) is 6.09. The second kappa shape index (κ2) is 7.29. The molecule has 0 saturated heterocycles. The highest BCUT2D eigenvalue weighted by Gasteiger charge is 2.13. The molecule has 0 bridgehead atoms. The number of hydrogen-bond donors (Lipinski definition) is 0. The van der Waals surface area contributed by atoms with Crippen molar-refractivity contribution < 1.29 is 0 Å². The minimum Gasteiger partial charge on any atom is -0.309 e. The molecule has 0 aliphatic rings. The van der Waals surface area contributed by atoms with Crippen LogP contribution in [0.3, 0.4) is 0 Å². The summed E-state index contributed by atoms with van der Waals surface area (Å²) in [6.45, 7) is 0. The van der Waals surface area contributed by atoms with Gasteiger partial charge in [-0.05, 0) is 42.0 Å². The van der Waals surface area contributed by atoms with E-state index in [2.05, 4.69) is 108 Å². The van der Waals surface area contributed by atoms with Gasteiger partial charge in [0.05, 0.1) is 21.4 Å². The maximum atomic E-state index is 4.76. The highest BCUT2D eigenvalue weighted by Crippen LogP contribution is 2.36. The number of benzene rings is 4. The molecule has 4 aromatic carbocycles. The largest absolute Gasteiger partial charge is 0.309 e. The molecule has 3 aromatic heterocycles. The lowest BCUT2D eigenvalue weighted by atomic mass is 10.1. The molecule has 0 radical (unpaired) electrons. The van der Waals surface area contributed by atoms with Crippen molar-refractivity contribution in [3.63, 3.8) is 0 Å². The van der Waals surface area contributed by atoms with E-state index in [1.807, 2.05) is 17.5 Å². The standard InChI is InChI=1S/C30H20N2S/c1-4-10-27-22(7-1)23-8-2-5-11-28(23)32(27)21-15-13-20(14-16-21)19-26-30-25(17-18-31-26)24-9-3-6-12-29(24)33-30/h1-18H,19H2. The number of nitrogens with zero attached hydrogens (tertiary/aromatic N) is 2. The summed E-state index contributed by atoms with van der Waals surface area (Å²) in [5, 5.41) is 5.21. The smallest absolute Gasteiger partial charge is 0.0625 e. The van der Waals surface area contributed by atoms with E-state index in [1.54, 1.807) is 0 Å². The van der Waals surface area contributed by atoms with Gasteiger partial charge in [0.2, 0.25) is 0 Å². The van der Waals surface area contributed by atoms with E-state index in [0.717, 1.165) is 12.1 Å². The van der Waals surface area contributed by atoms with Crippen molar-refractivity contribution >= 4 is 53.3 Å². The van der Waals surface area contributed by atoms with Crippen LogP contribution in [-0.2, 0) is 6.42 Å². The van der Waals surface area contributed by atoms with Crippen LogP contribution < -0.4 is 0 Å². The zero-order chi connectivity index (χ0) is 21.8. The molecule has 0 fully saturated rings. The van der Waals surface area contributed by atoms with Gasteiger partial charge in [0.15, 0.2) is 0 Å². The van der Waals surface area contributed by atoms with E-state index < -0.39 is 0 Å².